The number of anilines is 2. The molecule has 0 aliphatic carbocycles. The molecule has 186 valence electrons. The number of benzene rings is 1. The molecule has 2 atom stereocenters. The summed E-state index contributed by atoms with van der Waals surface area (Å²) in [4.78, 5) is 40.9. The van der Waals surface area contributed by atoms with E-state index >= 15 is 0 Å². The van der Waals surface area contributed by atoms with Gasteiger partial charge in [0.2, 0.25) is 5.91 Å². The number of ether oxygens (including phenoxy) is 1. The highest BCUT2D eigenvalue weighted by Crippen LogP contribution is 2.47. The molecular formula is C27H25N7O3. The summed E-state index contributed by atoms with van der Waals surface area (Å²) in [7, 11) is 0. The molecule has 10 heteroatoms. The van der Waals surface area contributed by atoms with Crippen LogP contribution in [0.15, 0.2) is 73.7 Å². The van der Waals surface area contributed by atoms with Crippen LogP contribution in [0.3, 0.4) is 0 Å². The molecule has 6 rings (SSSR count). The number of amides is 2. The number of imidazole rings is 1. The van der Waals surface area contributed by atoms with E-state index in [4.69, 9.17) is 15.5 Å². The summed E-state index contributed by atoms with van der Waals surface area (Å²) in [6.45, 7) is 4.70. The van der Waals surface area contributed by atoms with E-state index in [1.165, 1.54) is 6.08 Å². The number of carbonyl (C=O) groups excluding carboxylic acids is 2. The predicted molar refractivity (Wildman–Crippen MR) is 138 cm³/mol. The number of hydrogen-bond acceptors (Lipinski definition) is 7. The van der Waals surface area contributed by atoms with Gasteiger partial charge in [0.25, 0.3) is 5.91 Å². The molecule has 1 aromatic carbocycles. The minimum absolute atomic E-state index is 0.0652. The zero-order valence-electron chi connectivity index (χ0n) is 20.0. The molecular weight excluding hydrogens is 470 g/mol. The molecule has 10 nitrogen and oxygen atoms in total. The number of nitrogens with one attached hydrogen (secondary N) is 1. The highest BCUT2D eigenvalue weighted by atomic mass is 16.5. The molecule has 2 bridgehead atoms. The maximum absolute atomic E-state index is 12.9. The Morgan fingerprint density at radius 2 is 2.00 bits per heavy atom. The number of nitrogens with two attached hydrogens (primary N) is 1. The Morgan fingerprint density at radius 1 is 1.16 bits per heavy atom. The van der Waals surface area contributed by atoms with Crippen LogP contribution in [0, 0.1) is 0 Å². The Morgan fingerprint density at radius 3 is 2.76 bits per heavy atom. The van der Waals surface area contributed by atoms with Crippen LogP contribution in [0.5, 0.6) is 0 Å². The number of rotatable bonds is 5. The van der Waals surface area contributed by atoms with Crippen molar-refractivity contribution in [3.63, 3.8) is 0 Å². The quantitative estimate of drug-likeness (QED) is 0.407. The van der Waals surface area contributed by atoms with Crippen LogP contribution < -0.4 is 11.1 Å². The number of fused-ring (bicyclic) bond motifs is 3. The Balaban J connectivity index is 1.42. The van der Waals surface area contributed by atoms with Crippen LogP contribution >= 0.6 is 0 Å². The molecule has 2 fully saturated rings. The minimum Gasteiger partial charge on any atom is -0.382 e. The van der Waals surface area contributed by atoms with Gasteiger partial charge in [-0.3, -0.25) is 14.0 Å². The highest BCUT2D eigenvalue weighted by Gasteiger charge is 2.54. The van der Waals surface area contributed by atoms with Crippen molar-refractivity contribution in [1.82, 2.24) is 24.3 Å². The van der Waals surface area contributed by atoms with E-state index in [0.29, 0.717) is 60.2 Å². The largest absolute Gasteiger partial charge is 0.382 e. The summed E-state index contributed by atoms with van der Waals surface area (Å²) < 4.78 is 7.83. The number of hydrogen-bond donors (Lipinski definition) is 2. The molecule has 2 aliphatic rings. The number of likely N-dealkylation sites (tertiary alicyclic amines) is 1. The summed E-state index contributed by atoms with van der Waals surface area (Å²) in [6, 6.07) is 12.4. The number of nitrogen functional groups attached to an aromatic ring is 1. The van der Waals surface area contributed by atoms with E-state index in [1.807, 2.05) is 27.6 Å². The second kappa shape index (κ2) is 8.82. The summed E-state index contributed by atoms with van der Waals surface area (Å²) >= 11 is 0. The summed E-state index contributed by atoms with van der Waals surface area (Å²) in [6.07, 6.45) is 7.59. The molecule has 4 aromatic rings. The Bertz CT molecular complexity index is 1520. The molecule has 2 amide bonds. The van der Waals surface area contributed by atoms with E-state index in [1.54, 1.807) is 42.7 Å². The fraction of sp³-hybridized carbons (Fsp3) is 0.222. The van der Waals surface area contributed by atoms with Crippen molar-refractivity contribution in [2.24, 2.45) is 0 Å². The van der Waals surface area contributed by atoms with E-state index < -0.39 is 5.54 Å². The van der Waals surface area contributed by atoms with Crippen molar-refractivity contribution in [1.29, 1.82) is 0 Å². The lowest BCUT2D eigenvalue weighted by Crippen LogP contribution is -2.46. The molecule has 0 spiro atoms. The predicted octanol–water partition coefficient (Wildman–Crippen LogP) is 3.03. The van der Waals surface area contributed by atoms with Crippen molar-refractivity contribution < 1.29 is 14.3 Å². The van der Waals surface area contributed by atoms with Crippen LogP contribution in [0.2, 0.25) is 0 Å². The van der Waals surface area contributed by atoms with Gasteiger partial charge in [0.15, 0.2) is 0 Å². The van der Waals surface area contributed by atoms with Crippen molar-refractivity contribution in [3.8, 4) is 11.3 Å². The lowest BCUT2D eigenvalue weighted by Gasteiger charge is -2.37. The third kappa shape index (κ3) is 3.73. The van der Waals surface area contributed by atoms with Crippen LogP contribution in [-0.2, 0) is 15.1 Å². The van der Waals surface area contributed by atoms with Crippen LogP contribution in [0.4, 0.5) is 11.6 Å². The van der Waals surface area contributed by atoms with Crippen molar-refractivity contribution in [2.75, 3.05) is 24.2 Å². The smallest absolute Gasteiger partial charge is 0.256 e. The number of carbonyl (C=O) groups is 2. The SMILES string of the molecule is C=CC(=O)N1C[C@@H]2C[C@@]1(c1nc(-c3ccc(C(=O)Nc4ccccn4)cc3)c3c(N)nccn13)CCO2. The molecule has 0 unspecified atom stereocenters. The number of pyridine rings is 1. The zero-order chi connectivity index (χ0) is 25.6. The van der Waals surface area contributed by atoms with Crippen LogP contribution in [-0.4, -0.2) is 55.3 Å². The number of nitrogens with zero attached hydrogens (tertiary/aromatic N) is 5. The fourth-order valence-corrected chi connectivity index (χ4v) is 5.41. The van der Waals surface area contributed by atoms with E-state index in [2.05, 4.69) is 21.9 Å². The zero-order valence-corrected chi connectivity index (χ0v) is 20.0. The van der Waals surface area contributed by atoms with E-state index in [0.717, 1.165) is 5.56 Å². The highest BCUT2D eigenvalue weighted by molar-refractivity contribution is 6.04. The van der Waals surface area contributed by atoms with Crippen molar-refractivity contribution in [2.45, 2.75) is 24.5 Å². The topological polar surface area (TPSA) is 128 Å². The second-order valence-corrected chi connectivity index (χ2v) is 9.19. The van der Waals surface area contributed by atoms with Gasteiger partial charge in [0, 0.05) is 55.7 Å². The van der Waals surface area contributed by atoms with Gasteiger partial charge >= 0.3 is 0 Å². The standard InChI is InChI=1S/C27H25N7O3/c1-2-21(35)34-16-19-15-27(34,10-14-37-19)26-32-22(23-24(28)30-12-13-33(23)26)17-6-8-18(9-7-17)25(36)31-20-5-3-4-11-29-20/h2-9,11-13,19H,1,10,14-16H2,(H2,28,30)(H,29,31,36)/t19-,27+/m0/s1. The van der Waals surface area contributed by atoms with Gasteiger partial charge in [-0.05, 0) is 30.3 Å². The molecule has 0 saturated carbocycles. The Hall–Kier alpha value is -4.57. The molecule has 3 aromatic heterocycles. The molecule has 3 N–H and O–H groups in total. The average Bonchev–Trinajstić information content (AvgIpc) is 3.45. The summed E-state index contributed by atoms with van der Waals surface area (Å²) in [5, 5.41) is 2.78. The molecule has 0 radical (unpaired) electrons. The van der Waals surface area contributed by atoms with Crippen molar-refractivity contribution in [3.05, 3.63) is 85.1 Å². The summed E-state index contributed by atoms with van der Waals surface area (Å²) in [5.41, 5.74) is 8.24. The summed E-state index contributed by atoms with van der Waals surface area (Å²) in [5.74, 6) is 1.09. The van der Waals surface area contributed by atoms with Crippen molar-refractivity contribution >= 4 is 29.0 Å². The van der Waals surface area contributed by atoms with Crippen LogP contribution in [0.1, 0.15) is 29.0 Å². The van der Waals surface area contributed by atoms with E-state index in [9.17, 15) is 9.59 Å². The number of aromatic nitrogens is 4. The van der Waals surface area contributed by atoms with Gasteiger partial charge in [0.1, 0.15) is 34.2 Å². The maximum atomic E-state index is 12.9. The maximum Gasteiger partial charge on any atom is 0.256 e. The second-order valence-electron chi connectivity index (χ2n) is 9.19. The third-order valence-electron chi connectivity index (χ3n) is 7.10. The van der Waals surface area contributed by atoms with Gasteiger partial charge < -0.3 is 20.7 Å². The normalized spacial score (nSPS) is 20.6. The van der Waals surface area contributed by atoms with Gasteiger partial charge in [-0.1, -0.05) is 24.8 Å². The first-order valence-corrected chi connectivity index (χ1v) is 12.0. The molecule has 37 heavy (non-hydrogen) atoms. The minimum atomic E-state index is -0.647. The average molecular weight is 496 g/mol. The first-order chi connectivity index (χ1) is 18.0. The van der Waals surface area contributed by atoms with Crippen LogP contribution in [0.25, 0.3) is 16.8 Å². The first-order valence-electron chi connectivity index (χ1n) is 12.0. The lowest BCUT2D eigenvalue weighted by molar-refractivity contribution is -0.131. The lowest BCUT2D eigenvalue weighted by atomic mass is 9.88. The Kier molecular flexibility index (Phi) is 5.45. The van der Waals surface area contributed by atoms with Gasteiger partial charge in [-0.2, -0.15) is 0 Å². The molecule has 5 heterocycles. The van der Waals surface area contributed by atoms with Gasteiger partial charge in [0.05, 0.1) is 6.10 Å². The molecule has 2 aliphatic heterocycles. The first kappa shape index (κ1) is 22.9. The monoisotopic (exact) mass is 495 g/mol. The fourth-order valence-electron chi connectivity index (χ4n) is 5.41. The van der Waals surface area contributed by atoms with E-state index in [-0.39, 0.29) is 17.9 Å². The van der Waals surface area contributed by atoms with Gasteiger partial charge in [-0.15, -0.1) is 0 Å². The molecule has 2 saturated heterocycles. The Labute approximate surface area is 212 Å². The third-order valence-corrected chi connectivity index (χ3v) is 7.10. The van der Waals surface area contributed by atoms with Gasteiger partial charge in [-0.25, -0.2) is 15.0 Å².